The lowest BCUT2D eigenvalue weighted by molar-refractivity contribution is 0.459. The van der Waals surface area contributed by atoms with Crippen LogP contribution in [0.4, 0.5) is 0 Å². The second kappa shape index (κ2) is 6.92. The van der Waals surface area contributed by atoms with E-state index in [-0.39, 0.29) is 16.7 Å². The number of nitrogens with zero attached hydrogens (tertiary/aromatic N) is 1. The fourth-order valence-electron chi connectivity index (χ4n) is 3.70. The van der Waals surface area contributed by atoms with Crippen LogP contribution < -0.4 is 11.4 Å². The summed E-state index contributed by atoms with van der Waals surface area (Å²) in [5, 5.41) is 0.574. The van der Waals surface area contributed by atoms with E-state index in [0.717, 1.165) is 5.56 Å². The van der Waals surface area contributed by atoms with Crippen LogP contribution in [0, 0.1) is 5.92 Å². The lowest BCUT2D eigenvalue weighted by atomic mass is 9.89. The van der Waals surface area contributed by atoms with E-state index in [0.29, 0.717) is 30.6 Å². The van der Waals surface area contributed by atoms with E-state index in [4.69, 9.17) is 10.2 Å². The van der Waals surface area contributed by atoms with E-state index in [9.17, 15) is 13.2 Å². The molecule has 3 aromatic rings. The molecule has 1 aliphatic heterocycles. The summed E-state index contributed by atoms with van der Waals surface area (Å²) < 4.78 is 32.9. The van der Waals surface area contributed by atoms with Gasteiger partial charge in [-0.2, -0.15) is 4.31 Å². The van der Waals surface area contributed by atoms with Crippen LogP contribution in [0.3, 0.4) is 0 Å². The van der Waals surface area contributed by atoms with Gasteiger partial charge in [0.1, 0.15) is 5.58 Å². The number of fused-ring (bicyclic) bond motifs is 1. The molecule has 0 amide bonds. The smallest absolute Gasteiger partial charge is 0.336 e. The minimum absolute atomic E-state index is 0.0700. The Bertz CT molecular complexity index is 1130. The Balaban J connectivity index is 1.68. The SMILES string of the molecule is NC[C@@H]1CN(S(=O)(=O)c2ccc3oc(=O)ccc3c2)C[C@H]1c1ccccc1. The summed E-state index contributed by atoms with van der Waals surface area (Å²) in [6, 6.07) is 17.3. The van der Waals surface area contributed by atoms with Gasteiger partial charge in [-0.25, -0.2) is 13.2 Å². The number of hydrogen-bond acceptors (Lipinski definition) is 5. The molecule has 2 N–H and O–H groups in total. The van der Waals surface area contributed by atoms with Gasteiger partial charge in [0.15, 0.2) is 0 Å². The lowest BCUT2D eigenvalue weighted by Gasteiger charge is -2.17. The molecule has 2 aromatic carbocycles. The molecule has 1 saturated heterocycles. The standard InChI is InChI=1S/C20H20N2O4S/c21-11-16-12-22(13-18(16)14-4-2-1-3-5-14)27(24,25)17-7-8-19-15(10-17)6-9-20(23)26-19/h1-10,16,18H,11-13,21H2/t16-,18+/m1/s1. The van der Waals surface area contributed by atoms with Crippen LogP contribution in [0.2, 0.25) is 0 Å². The van der Waals surface area contributed by atoms with E-state index < -0.39 is 15.6 Å². The van der Waals surface area contributed by atoms with E-state index in [1.165, 1.54) is 22.5 Å². The molecule has 4 rings (SSSR count). The monoisotopic (exact) mass is 384 g/mol. The number of benzene rings is 2. The van der Waals surface area contributed by atoms with Crippen molar-refractivity contribution in [3.05, 3.63) is 76.6 Å². The average Bonchev–Trinajstić information content (AvgIpc) is 3.13. The third-order valence-corrected chi connectivity index (χ3v) is 6.99. The van der Waals surface area contributed by atoms with Crippen molar-refractivity contribution in [3.8, 4) is 0 Å². The summed E-state index contributed by atoms with van der Waals surface area (Å²) in [5.41, 5.74) is 6.94. The van der Waals surface area contributed by atoms with Crippen molar-refractivity contribution in [2.24, 2.45) is 11.7 Å². The van der Waals surface area contributed by atoms with Gasteiger partial charge in [-0.05, 0) is 42.3 Å². The van der Waals surface area contributed by atoms with Crippen molar-refractivity contribution in [3.63, 3.8) is 0 Å². The molecule has 1 aliphatic rings. The molecule has 0 aliphatic carbocycles. The Morgan fingerprint density at radius 2 is 1.81 bits per heavy atom. The summed E-state index contributed by atoms with van der Waals surface area (Å²) in [6.45, 7) is 1.21. The summed E-state index contributed by atoms with van der Waals surface area (Å²) in [6.07, 6.45) is 0. The highest BCUT2D eigenvalue weighted by Gasteiger charge is 2.39. The topological polar surface area (TPSA) is 93.6 Å². The van der Waals surface area contributed by atoms with Gasteiger partial charge in [-0.1, -0.05) is 30.3 Å². The Kier molecular flexibility index (Phi) is 4.59. The van der Waals surface area contributed by atoms with Crippen LogP contribution in [-0.2, 0) is 10.0 Å². The van der Waals surface area contributed by atoms with Crippen molar-refractivity contribution in [1.29, 1.82) is 0 Å². The lowest BCUT2D eigenvalue weighted by Crippen LogP contribution is -2.30. The van der Waals surface area contributed by atoms with Gasteiger partial charge in [-0.3, -0.25) is 0 Å². The van der Waals surface area contributed by atoms with Gasteiger partial charge >= 0.3 is 5.63 Å². The first-order valence-electron chi connectivity index (χ1n) is 8.78. The largest absolute Gasteiger partial charge is 0.423 e. The maximum atomic E-state index is 13.2. The summed E-state index contributed by atoms with van der Waals surface area (Å²) in [5.74, 6) is 0.144. The van der Waals surface area contributed by atoms with E-state index >= 15 is 0 Å². The molecule has 1 fully saturated rings. The zero-order valence-corrected chi connectivity index (χ0v) is 15.4. The zero-order valence-electron chi connectivity index (χ0n) is 14.6. The van der Waals surface area contributed by atoms with Crippen LogP contribution in [0.15, 0.2) is 74.8 Å². The Hall–Kier alpha value is -2.48. The van der Waals surface area contributed by atoms with Crippen molar-refractivity contribution in [1.82, 2.24) is 4.31 Å². The quantitative estimate of drug-likeness (QED) is 0.696. The summed E-state index contributed by atoms with van der Waals surface area (Å²) >= 11 is 0. The molecule has 0 unspecified atom stereocenters. The maximum Gasteiger partial charge on any atom is 0.336 e. The third-order valence-electron chi connectivity index (χ3n) is 5.17. The second-order valence-corrected chi connectivity index (χ2v) is 8.73. The van der Waals surface area contributed by atoms with Gasteiger partial charge in [0.2, 0.25) is 10.0 Å². The van der Waals surface area contributed by atoms with Crippen molar-refractivity contribution >= 4 is 21.0 Å². The van der Waals surface area contributed by atoms with Gasteiger partial charge in [-0.15, -0.1) is 0 Å². The highest BCUT2D eigenvalue weighted by molar-refractivity contribution is 7.89. The number of sulfonamides is 1. The molecule has 0 saturated carbocycles. The summed E-state index contributed by atoms with van der Waals surface area (Å²) in [7, 11) is -3.67. The highest BCUT2D eigenvalue weighted by Crippen LogP contribution is 2.35. The fraction of sp³-hybridized carbons (Fsp3) is 0.250. The fourth-order valence-corrected chi connectivity index (χ4v) is 5.26. The van der Waals surface area contributed by atoms with E-state index in [2.05, 4.69) is 0 Å². The van der Waals surface area contributed by atoms with Crippen molar-refractivity contribution in [2.75, 3.05) is 19.6 Å². The molecule has 2 heterocycles. The molecule has 0 spiro atoms. The van der Waals surface area contributed by atoms with E-state index in [1.807, 2.05) is 30.3 Å². The van der Waals surface area contributed by atoms with Gasteiger partial charge < -0.3 is 10.2 Å². The van der Waals surface area contributed by atoms with Crippen LogP contribution in [-0.4, -0.2) is 32.4 Å². The van der Waals surface area contributed by atoms with Gasteiger partial charge in [0.25, 0.3) is 0 Å². The van der Waals surface area contributed by atoms with E-state index in [1.54, 1.807) is 12.1 Å². The van der Waals surface area contributed by atoms with Crippen molar-refractivity contribution in [2.45, 2.75) is 10.8 Å². The minimum Gasteiger partial charge on any atom is -0.423 e. The molecule has 6 nitrogen and oxygen atoms in total. The molecule has 0 radical (unpaired) electrons. The van der Waals surface area contributed by atoms with Crippen LogP contribution in [0.5, 0.6) is 0 Å². The average molecular weight is 384 g/mol. The normalized spacial score (nSPS) is 20.9. The molecule has 0 bridgehead atoms. The molecule has 1 aromatic heterocycles. The molecule has 2 atom stereocenters. The summed E-state index contributed by atoms with van der Waals surface area (Å²) in [4.78, 5) is 11.5. The van der Waals surface area contributed by atoms with Gasteiger partial charge in [0.05, 0.1) is 4.90 Å². The first kappa shape index (κ1) is 17.9. The first-order chi connectivity index (χ1) is 13.0. The molecular formula is C20H20N2O4S. The predicted molar refractivity (Wildman–Crippen MR) is 103 cm³/mol. The number of rotatable bonds is 4. The molecule has 27 heavy (non-hydrogen) atoms. The molecule has 140 valence electrons. The predicted octanol–water partition coefficient (Wildman–Crippen LogP) is 2.16. The number of hydrogen-bond donors (Lipinski definition) is 1. The van der Waals surface area contributed by atoms with Crippen LogP contribution in [0.1, 0.15) is 11.5 Å². The Morgan fingerprint density at radius 3 is 2.56 bits per heavy atom. The minimum atomic E-state index is -3.67. The zero-order chi connectivity index (χ0) is 19.0. The number of nitrogens with two attached hydrogens (primary N) is 1. The van der Waals surface area contributed by atoms with Crippen molar-refractivity contribution < 1.29 is 12.8 Å². The van der Waals surface area contributed by atoms with Crippen LogP contribution in [0.25, 0.3) is 11.0 Å². The Labute approximate surface area is 157 Å². The second-order valence-electron chi connectivity index (χ2n) is 6.79. The van der Waals surface area contributed by atoms with Gasteiger partial charge in [0, 0.05) is 30.5 Å². The highest BCUT2D eigenvalue weighted by atomic mass is 32.2. The molecule has 7 heteroatoms. The maximum absolute atomic E-state index is 13.2. The van der Waals surface area contributed by atoms with Crippen LogP contribution >= 0.6 is 0 Å². The third kappa shape index (κ3) is 3.29. The Morgan fingerprint density at radius 1 is 1.04 bits per heavy atom. The molecular weight excluding hydrogens is 364 g/mol. The first-order valence-corrected chi connectivity index (χ1v) is 10.2.